The molecule has 2 heterocycles. The second-order valence-corrected chi connectivity index (χ2v) is 5.61. The molecule has 0 bridgehead atoms. The summed E-state index contributed by atoms with van der Waals surface area (Å²) in [5.41, 5.74) is 1.89. The first-order valence-electron chi connectivity index (χ1n) is 6.61. The molecule has 0 saturated heterocycles. The highest BCUT2D eigenvalue weighted by Gasteiger charge is 2.09. The third kappa shape index (κ3) is 4.35. The van der Waals surface area contributed by atoms with Crippen LogP contribution < -0.4 is 0 Å². The molecule has 0 fully saturated rings. The van der Waals surface area contributed by atoms with Gasteiger partial charge >= 0.3 is 0 Å². The molecule has 102 valence electrons. The molecular weight excluding hydrogens is 258 g/mol. The number of thioether (sulfide) groups is 1. The summed E-state index contributed by atoms with van der Waals surface area (Å²) in [5.74, 6) is 1.03. The van der Waals surface area contributed by atoms with Gasteiger partial charge in [0.05, 0.1) is 10.7 Å². The van der Waals surface area contributed by atoms with Crippen molar-refractivity contribution >= 4 is 22.6 Å². The molecule has 0 radical (unpaired) electrons. The molecule has 0 N–H and O–H groups in total. The molecule has 2 rings (SSSR count). The van der Waals surface area contributed by atoms with Gasteiger partial charge in [-0.2, -0.15) is 5.10 Å². The largest absolute Gasteiger partial charge is 0.295 e. The topological polar surface area (TPSA) is 47.2 Å². The van der Waals surface area contributed by atoms with E-state index in [1.165, 1.54) is 0 Å². The van der Waals surface area contributed by atoms with Crippen molar-refractivity contribution in [2.45, 2.75) is 45.4 Å². The number of carbonyl (C=O) groups excluding carboxylic acids is 1. The van der Waals surface area contributed by atoms with Gasteiger partial charge in [0.2, 0.25) is 0 Å². The third-order valence-corrected chi connectivity index (χ3v) is 3.96. The zero-order chi connectivity index (χ0) is 13.7. The van der Waals surface area contributed by atoms with Gasteiger partial charge in [0.1, 0.15) is 0 Å². The number of hydrogen-bond acceptors (Lipinski definition) is 4. The maximum atomic E-state index is 11.4. The van der Waals surface area contributed by atoms with Crippen molar-refractivity contribution in [3.05, 3.63) is 29.7 Å². The van der Waals surface area contributed by atoms with Crippen molar-refractivity contribution in [1.82, 2.24) is 9.78 Å². The smallest absolute Gasteiger partial charge is 0.157 e. The molecule has 0 amide bonds. The molecular formula is C14H19N3OS. The van der Waals surface area contributed by atoms with E-state index < -0.39 is 0 Å². The van der Waals surface area contributed by atoms with Crippen LogP contribution >= 0.6 is 11.8 Å². The van der Waals surface area contributed by atoms with Gasteiger partial charge in [-0.3, -0.25) is 14.5 Å². The molecule has 0 spiro atoms. The molecule has 0 aromatic carbocycles. The Labute approximate surface area is 118 Å². The molecule has 0 unspecified atom stereocenters. The van der Waals surface area contributed by atoms with Gasteiger partial charge in [-0.25, -0.2) is 0 Å². The van der Waals surface area contributed by atoms with Crippen molar-refractivity contribution in [1.29, 1.82) is 0 Å². The zero-order valence-corrected chi connectivity index (χ0v) is 12.2. The highest BCUT2D eigenvalue weighted by Crippen LogP contribution is 2.20. The van der Waals surface area contributed by atoms with Crippen LogP contribution in [0.1, 0.15) is 38.8 Å². The van der Waals surface area contributed by atoms with Gasteiger partial charge in [0.15, 0.2) is 5.78 Å². The second kappa shape index (κ2) is 6.70. The van der Waals surface area contributed by atoms with Crippen molar-refractivity contribution in [2.24, 2.45) is 4.99 Å². The highest BCUT2D eigenvalue weighted by atomic mass is 32.2. The van der Waals surface area contributed by atoms with Crippen LogP contribution in [0.25, 0.3) is 0 Å². The lowest BCUT2D eigenvalue weighted by atomic mass is 10.1. The van der Waals surface area contributed by atoms with E-state index in [0.29, 0.717) is 6.42 Å². The van der Waals surface area contributed by atoms with E-state index in [2.05, 4.69) is 17.0 Å². The van der Waals surface area contributed by atoms with Gasteiger partial charge in [-0.05, 0) is 32.8 Å². The van der Waals surface area contributed by atoms with Crippen molar-refractivity contribution < 1.29 is 4.79 Å². The minimum absolute atomic E-state index is 0.187. The fourth-order valence-corrected chi connectivity index (χ4v) is 2.89. The quantitative estimate of drug-likeness (QED) is 0.852. The third-order valence-electron chi connectivity index (χ3n) is 2.89. The Morgan fingerprint density at radius 2 is 2.26 bits per heavy atom. The van der Waals surface area contributed by atoms with Crippen molar-refractivity contribution in [3.63, 3.8) is 0 Å². The summed E-state index contributed by atoms with van der Waals surface area (Å²) >= 11 is 1.72. The molecule has 0 aliphatic carbocycles. The van der Waals surface area contributed by atoms with Gasteiger partial charge in [-0.15, -0.1) is 11.8 Å². The summed E-state index contributed by atoms with van der Waals surface area (Å²) in [6, 6.07) is 2.05. The molecule has 5 heteroatoms. The molecule has 0 atom stereocenters. The van der Waals surface area contributed by atoms with Crippen LogP contribution in [0.5, 0.6) is 0 Å². The Kier molecular flexibility index (Phi) is 4.96. The van der Waals surface area contributed by atoms with E-state index in [-0.39, 0.29) is 5.78 Å². The molecule has 19 heavy (non-hydrogen) atoms. The highest BCUT2D eigenvalue weighted by molar-refractivity contribution is 8.13. The number of carbonyl (C=O) groups is 1. The van der Waals surface area contributed by atoms with Gasteiger partial charge in [-0.1, -0.05) is 0 Å². The van der Waals surface area contributed by atoms with Crippen LogP contribution in [-0.2, 0) is 17.1 Å². The first kappa shape index (κ1) is 14.1. The Balaban J connectivity index is 1.97. The number of allylic oxidation sites excluding steroid dienone is 2. The van der Waals surface area contributed by atoms with Crippen LogP contribution in [0.3, 0.4) is 0 Å². The number of aromatic nitrogens is 2. The fraction of sp³-hybridized carbons (Fsp3) is 0.500. The number of aryl methyl sites for hydroxylation is 1. The van der Waals surface area contributed by atoms with Crippen LogP contribution in [0.15, 0.2) is 29.0 Å². The molecule has 1 aliphatic rings. The maximum Gasteiger partial charge on any atom is 0.157 e. The summed E-state index contributed by atoms with van der Waals surface area (Å²) in [6.07, 6.45) is 6.04. The van der Waals surface area contributed by atoms with Gasteiger partial charge in [0, 0.05) is 36.7 Å². The monoisotopic (exact) mass is 277 g/mol. The molecule has 4 nitrogen and oxygen atoms in total. The summed E-state index contributed by atoms with van der Waals surface area (Å²) in [7, 11) is 0. The van der Waals surface area contributed by atoms with Crippen LogP contribution in [-0.4, -0.2) is 20.6 Å². The van der Waals surface area contributed by atoms with E-state index in [4.69, 9.17) is 0 Å². The second-order valence-electron chi connectivity index (χ2n) is 4.56. The van der Waals surface area contributed by atoms with Crippen LogP contribution in [0.2, 0.25) is 0 Å². The van der Waals surface area contributed by atoms with Crippen molar-refractivity contribution in [2.75, 3.05) is 0 Å². The Morgan fingerprint density at radius 1 is 1.42 bits per heavy atom. The predicted octanol–water partition coefficient (Wildman–Crippen LogP) is 3.19. The minimum Gasteiger partial charge on any atom is -0.295 e. The first-order chi connectivity index (χ1) is 9.17. The Hall–Kier alpha value is -1.36. The summed E-state index contributed by atoms with van der Waals surface area (Å²) < 4.78 is 1.93. The lowest BCUT2D eigenvalue weighted by molar-refractivity contribution is -0.114. The maximum absolute atomic E-state index is 11.4. The fourth-order valence-electron chi connectivity index (χ4n) is 1.92. The number of aliphatic imine (C=N–C) groups is 1. The van der Waals surface area contributed by atoms with E-state index in [9.17, 15) is 4.79 Å². The number of nitrogens with zero attached hydrogens (tertiary/aromatic N) is 3. The lowest BCUT2D eigenvalue weighted by Gasteiger charge is -2.08. The normalized spacial score (nSPS) is 19.4. The average Bonchev–Trinajstić information content (AvgIpc) is 2.81. The van der Waals surface area contributed by atoms with Crippen LogP contribution in [0.4, 0.5) is 0 Å². The van der Waals surface area contributed by atoms with Crippen molar-refractivity contribution in [3.8, 4) is 0 Å². The Bertz CT molecular complexity index is 517. The number of rotatable bonds is 3. The minimum atomic E-state index is 0.187. The summed E-state index contributed by atoms with van der Waals surface area (Å²) in [6.45, 7) is 4.86. The first-order valence-corrected chi connectivity index (χ1v) is 7.59. The van der Waals surface area contributed by atoms with E-state index in [0.717, 1.165) is 41.6 Å². The SMILES string of the molecule is CCn1ccc(CSC2=N/C(C)=C\C(=O)CCC2)n1. The van der Waals surface area contributed by atoms with Gasteiger partial charge < -0.3 is 0 Å². The van der Waals surface area contributed by atoms with Gasteiger partial charge in [0.25, 0.3) is 0 Å². The summed E-state index contributed by atoms with van der Waals surface area (Å²) in [4.78, 5) is 15.9. The van der Waals surface area contributed by atoms with E-state index in [1.54, 1.807) is 17.8 Å². The molecule has 0 saturated carbocycles. The molecule has 1 aromatic heterocycles. The zero-order valence-electron chi connectivity index (χ0n) is 11.4. The average molecular weight is 277 g/mol. The molecule has 1 aromatic rings. The Morgan fingerprint density at radius 3 is 3.00 bits per heavy atom. The number of ketones is 1. The number of hydrogen-bond donors (Lipinski definition) is 0. The predicted molar refractivity (Wildman–Crippen MR) is 79.2 cm³/mol. The summed E-state index contributed by atoms with van der Waals surface area (Å²) in [5, 5.41) is 5.56. The van der Waals surface area contributed by atoms with E-state index >= 15 is 0 Å². The van der Waals surface area contributed by atoms with Crippen LogP contribution in [0, 0.1) is 0 Å². The lowest BCUT2D eigenvalue weighted by Crippen LogP contribution is -2.03. The standard InChI is InChI=1S/C14H19N3OS/c1-3-17-8-7-12(16-17)10-19-14-6-4-5-13(18)9-11(2)15-14/h7-9H,3-6,10H2,1-2H3/b11-9-,15-14?. The van der Waals surface area contributed by atoms with E-state index in [1.807, 2.05) is 23.9 Å². The molecule has 1 aliphatic heterocycles.